The van der Waals surface area contributed by atoms with Crippen LogP contribution in [0.15, 0.2) is 40.6 Å². The van der Waals surface area contributed by atoms with E-state index >= 15 is 0 Å². The van der Waals surface area contributed by atoms with Crippen LogP contribution in [0.1, 0.15) is 28.3 Å². The molecule has 0 amide bonds. The Balaban J connectivity index is 2.43. The first-order valence-electron chi connectivity index (χ1n) is 5.93. The van der Waals surface area contributed by atoms with Crippen molar-refractivity contribution in [3.63, 3.8) is 0 Å². The number of sulfonamides is 1. The van der Waals surface area contributed by atoms with Gasteiger partial charge in [-0.25, -0.2) is 13.2 Å². The quantitative estimate of drug-likeness (QED) is 0.782. The SMILES string of the molecule is CC(O)c1ccccc1NS(=O)(=O)c1ccsc1C(=O)O. The minimum absolute atomic E-state index is 0.218. The molecule has 1 aromatic heterocycles. The lowest BCUT2D eigenvalue weighted by atomic mass is 10.1. The third-order valence-electron chi connectivity index (χ3n) is 2.77. The number of aliphatic hydroxyl groups is 1. The van der Waals surface area contributed by atoms with Crippen LogP contribution in [-0.4, -0.2) is 24.6 Å². The molecule has 1 aromatic carbocycles. The van der Waals surface area contributed by atoms with Gasteiger partial charge in [-0.15, -0.1) is 11.3 Å². The number of thiophene rings is 1. The summed E-state index contributed by atoms with van der Waals surface area (Å²) >= 11 is 0.837. The number of benzene rings is 1. The third kappa shape index (κ3) is 3.23. The van der Waals surface area contributed by atoms with Gasteiger partial charge in [-0.05, 0) is 24.4 Å². The number of carboxylic acids is 1. The average molecular weight is 327 g/mol. The molecule has 0 spiro atoms. The lowest BCUT2D eigenvalue weighted by Gasteiger charge is -2.14. The van der Waals surface area contributed by atoms with Crippen LogP contribution < -0.4 is 4.72 Å². The number of aromatic carboxylic acids is 1. The number of hydrogen-bond acceptors (Lipinski definition) is 5. The highest BCUT2D eigenvalue weighted by molar-refractivity contribution is 7.93. The van der Waals surface area contributed by atoms with Crippen LogP contribution in [0.5, 0.6) is 0 Å². The number of anilines is 1. The number of carbonyl (C=O) groups is 1. The monoisotopic (exact) mass is 327 g/mol. The Bertz CT molecular complexity index is 764. The second kappa shape index (κ2) is 5.84. The topological polar surface area (TPSA) is 104 Å². The summed E-state index contributed by atoms with van der Waals surface area (Å²) in [7, 11) is -4.03. The highest BCUT2D eigenvalue weighted by Crippen LogP contribution is 2.28. The molecule has 2 aromatic rings. The molecule has 0 saturated heterocycles. The van der Waals surface area contributed by atoms with E-state index in [1.54, 1.807) is 18.2 Å². The molecule has 0 aliphatic rings. The van der Waals surface area contributed by atoms with Gasteiger partial charge in [0.15, 0.2) is 0 Å². The van der Waals surface area contributed by atoms with E-state index in [4.69, 9.17) is 5.11 Å². The van der Waals surface area contributed by atoms with Gasteiger partial charge in [0, 0.05) is 5.56 Å². The first-order valence-corrected chi connectivity index (χ1v) is 8.30. The summed E-state index contributed by atoms with van der Waals surface area (Å²) in [6.07, 6.45) is -0.856. The molecule has 6 nitrogen and oxygen atoms in total. The summed E-state index contributed by atoms with van der Waals surface area (Å²) in [6.45, 7) is 1.51. The van der Waals surface area contributed by atoms with E-state index in [9.17, 15) is 18.3 Å². The van der Waals surface area contributed by atoms with Crippen LogP contribution in [0.3, 0.4) is 0 Å². The van der Waals surface area contributed by atoms with Crippen LogP contribution in [0.25, 0.3) is 0 Å². The molecule has 3 N–H and O–H groups in total. The molecule has 0 aliphatic carbocycles. The number of aliphatic hydroxyl groups excluding tert-OH is 1. The molecule has 21 heavy (non-hydrogen) atoms. The second-order valence-corrected chi connectivity index (χ2v) is 6.85. The van der Waals surface area contributed by atoms with Crippen LogP contribution in [0.4, 0.5) is 5.69 Å². The predicted octanol–water partition coefficient (Wildman–Crippen LogP) is 2.30. The van der Waals surface area contributed by atoms with Crippen LogP contribution in [-0.2, 0) is 10.0 Å². The van der Waals surface area contributed by atoms with Gasteiger partial charge in [-0.2, -0.15) is 0 Å². The van der Waals surface area contributed by atoms with Crippen LogP contribution in [0, 0.1) is 0 Å². The minimum Gasteiger partial charge on any atom is -0.477 e. The van der Waals surface area contributed by atoms with Gasteiger partial charge in [-0.1, -0.05) is 18.2 Å². The van der Waals surface area contributed by atoms with Gasteiger partial charge in [0.1, 0.15) is 9.77 Å². The first-order chi connectivity index (χ1) is 9.83. The van der Waals surface area contributed by atoms with Crippen molar-refractivity contribution in [2.45, 2.75) is 17.9 Å². The number of hydrogen-bond donors (Lipinski definition) is 3. The van der Waals surface area contributed by atoms with Gasteiger partial charge >= 0.3 is 5.97 Å². The molecule has 0 fully saturated rings. The minimum atomic E-state index is -4.03. The molecule has 1 unspecified atom stereocenters. The summed E-state index contributed by atoms with van der Waals surface area (Å²) in [6, 6.07) is 7.63. The van der Waals surface area contributed by atoms with Crippen molar-refractivity contribution in [3.8, 4) is 0 Å². The fourth-order valence-corrected chi connectivity index (χ4v) is 4.17. The maximum Gasteiger partial charge on any atom is 0.347 e. The Morgan fingerprint density at radius 3 is 2.57 bits per heavy atom. The highest BCUT2D eigenvalue weighted by atomic mass is 32.2. The maximum absolute atomic E-state index is 12.3. The lowest BCUT2D eigenvalue weighted by molar-refractivity contribution is 0.0698. The molecule has 2 rings (SSSR count). The highest BCUT2D eigenvalue weighted by Gasteiger charge is 2.24. The van der Waals surface area contributed by atoms with Gasteiger partial charge in [0.05, 0.1) is 11.8 Å². The third-order valence-corrected chi connectivity index (χ3v) is 5.21. The Morgan fingerprint density at radius 2 is 1.95 bits per heavy atom. The molecule has 1 heterocycles. The number of rotatable bonds is 5. The smallest absolute Gasteiger partial charge is 0.347 e. The molecule has 0 aliphatic heterocycles. The summed E-state index contributed by atoms with van der Waals surface area (Å²) in [5, 5.41) is 20.1. The van der Waals surface area contributed by atoms with Crippen molar-refractivity contribution in [2.75, 3.05) is 4.72 Å². The zero-order valence-corrected chi connectivity index (χ0v) is 12.6. The maximum atomic E-state index is 12.3. The van der Waals surface area contributed by atoms with Gasteiger partial charge < -0.3 is 10.2 Å². The Labute approximate surface area is 125 Å². The van der Waals surface area contributed by atoms with Crippen LogP contribution >= 0.6 is 11.3 Å². The van der Waals surface area contributed by atoms with Gasteiger partial charge in [0.2, 0.25) is 0 Å². The number of nitrogens with one attached hydrogen (secondary N) is 1. The Morgan fingerprint density at radius 1 is 1.29 bits per heavy atom. The Hall–Kier alpha value is -1.90. The van der Waals surface area contributed by atoms with Crippen LogP contribution in [0.2, 0.25) is 0 Å². The van der Waals surface area contributed by atoms with Gasteiger partial charge in [-0.3, -0.25) is 4.72 Å². The second-order valence-electron chi connectivity index (χ2n) is 4.29. The van der Waals surface area contributed by atoms with Crippen molar-refractivity contribution >= 4 is 33.0 Å². The van der Waals surface area contributed by atoms with Gasteiger partial charge in [0.25, 0.3) is 10.0 Å². The van der Waals surface area contributed by atoms with E-state index < -0.39 is 22.1 Å². The largest absolute Gasteiger partial charge is 0.477 e. The van der Waals surface area contributed by atoms with E-state index in [1.807, 2.05) is 0 Å². The van der Waals surface area contributed by atoms with E-state index in [-0.39, 0.29) is 15.5 Å². The van der Waals surface area contributed by atoms with E-state index in [2.05, 4.69) is 4.72 Å². The first kappa shape index (κ1) is 15.5. The summed E-state index contributed by atoms with van der Waals surface area (Å²) in [5.74, 6) is -1.30. The molecule has 8 heteroatoms. The average Bonchev–Trinajstić information content (AvgIpc) is 2.88. The van der Waals surface area contributed by atoms with E-state index in [1.165, 1.54) is 24.4 Å². The normalized spacial score (nSPS) is 12.9. The zero-order chi connectivity index (χ0) is 15.6. The summed E-state index contributed by atoms with van der Waals surface area (Å²) < 4.78 is 26.9. The standard InChI is InChI=1S/C13H13NO5S2/c1-8(15)9-4-2-3-5-10(9)14-21(18,19)11-6-7-20-12(11)13(16)17/h2-8,14-15H,1H3,(H,16,17). The molecule has 1 atom stereocenters. The van der Waals surface area contributed by atoms with Crippen molar-refractivity contribution in [3.05, 3.63) is 46.2 Å². The van der Waals surface area contributed by atoms with Crippen molar-refractivity contribution in [1.82, 2.24) is 0 Å². The molecule has 0 bridgehead atoms. The lowest BCUT2D eigenvalue weighted by Crippen LogP contribution is -2.16. The zero-order valence-electron chi connectivity index (χ0n) is 11.0. The van der Waals surface area contributed by atoms with Crippen molar-refractivity contribution in [2.24, 2.45) is 0 Å². The molecule has 112 valence electrons. The number of carboxylic acid groups (broad SMARTS) is 1. The van der Waals surface area contributed by atoms with Crippen molar-refractivity contribution in [1.29, 1.82) is 0 Å². The predicted molar refractivity (Wildman–Crippen MR) is 79.2 cm³/mol. The summed E-state index contributed by atoms with van der Waals surface area (Å²) in [4.78, 5) is 10.5. The molecule has 0 radical (unpaired) electrons. The fraction of sp³-hybridized carbons (Fsp3) is 0.154. The molecule has 0 saturated carbocycles. The van der Waals surface area contributed by atoms with E-state index in [0.717, 1.165) is 11.3 Å². The van der Waals surface area contributed by atoms with Crippen molar-refractivity contribution < 1.29 is 23.4 Å². The van der Waals surface area contributed by atoms with E-state index in [0.29, 0.717) is 5.56 Å². The molecular weight excluding hydrogens is 314 g/mol. The Kier molecular flexibility index (Phi) is 4.31. The fourth-order valence-electron chi connectivity index (χ4n) is 1.82. The number of para-hydroxylation sites is 1. The molecular formula is C13H13NO5S2. The summed E-state index contributed by atoms with van der Waals surface area (Å²) in [5.41, 5.74) is 0.628.